The lowest BCUT2D eigenvalue weighted by Gasteiger charge is -1.98. The SMILES string of the molecule is CC(C)CCC=C[SiH](Cl)Cl. The quantitative estimate of drug-likeness (QED) is 0.479. The monoisotopic (exact) mass is 196 g/mol. The molecule has 0 saturated carbocycles. The van der Waals surface area contributed by atoms with Gasteiger partial charge < -0.3 is 0 Å². The van der Waals surface area contributed by atoms with Crippen LogP contribution in [0.2, 0.25) is 0 Å². The summed E-state index contributed by atoms with van der Waals surface area (Å²) in [6, 6.07) is 0. The molecule has 0 rings (SSSR count). The summed E-state index contributed by atoms with van der Waals surface area (Å²) in [7, 11) is -1.47. The maximum absolute atomic E-state index is 5.61. The van der Waals surface area contributed by atoms with Gasteiger partial charge in [0.05, 0.1) is 0 Å². The summed E-state index contributed by atoms with van der Waals surface area (Å²) in [4.78, 5) is 0. The summed E-state index contributed by atoms with van der Waals surface area (Å²) in [5.74, 6) is 0.774. The Balaban J connectivity index is 3.19. The van der Waals surface area contributed by atoms with Crippen molar-refractivity contribution < 1.29 is 0 Å². The van der Waals surface area contributed by atoms with Crippen LogP contribution in [0, 0.1) is 5.92 Å². The van der Waals surface area contributed by atoms with Gasteiger partial charge in [0.2, 0.25) is 0 Å². The molecule has 0 saturated heterocycles. The molecular weight excluding hydrogens is 183 g/mol. The van der Waals surface area contributed by atoms with E-state index in [1.165, 1.54) is 6.42 Å². The van der Waals surface area contributed by atoms with E-state index in [-0.39, 0.29) is 0 Å². The molecule has 60 valence electrons. The smallest absolute Gasteiger partial charge is 0.145 e. The Kier molecular flexibility index (Phi) is 6.60. The normalized spacial score (nSPS) is 12.2. The lowest BCUT2D eigenvalue weighted by atomic mass is 10.1. The summed E-state index contributed by atoms with van der Waals surface area (Å²) in [5.41, 5.74) is 1.95. The lowest BCUT2D eigenvalue weighted by Crippen LogP contribution is -1.86. The van der Waals surface area contributed by atoms with Crippen LogP contribution < -0.4 is 0 Å². The molecule has 0 spiro atoms. The zero-order chi connectivity index (χ0) is 7.98. The van der Waals surface area contributed by atoms with Crippen LogP contribution >= 0.6 is 22.2 Å². The highest BCUT2D eigenvalue weighted by atomic mass is 35.7. The fourth-order valence-corrected chi connectivity index (χ4v) is 1.64. The van der Waals surface area contributed by atoms with Crippen LogP contribution in [0.4, 0.5) is 0 Å². The molecular formula is C7H14Cl2Si. The largest absolute Gasteiger partial charge is 0.259 e. The standard InChI is InChI=1S/C7H14Cl2Si/c1-7(2)5-3-4-6-10(8)9/h4,6-7,10H,3,5H2,1-2H3. The van der Waals surface area contributed by atoms with Crippen LogP contribution in [0.5, 0.6) is 0 Å². The van der Waals surface area contributed by atoms with Gasteiger partial charge >= 0.3 is 0 Å². The maximum atomic E-state index is 5.61. The molecule has 0 aromatic heterocycles. The van der Waals surface area contributed by atoms with Crippen molar-refractivity contribution in [2.75, 3.05) is 0 Å². The minimum Gasteiger partial charge on any atom is -0.145 e. The summed E-state index contributed by atoms with van der Waals surface area (Å²) >= 11 is 11.2. The van der Waals surface area contributed by atoms with Gasteiger partial charge in [-0.25, -0.2) is 0 Å². The molecule has 0 nitrogen and oxygen atoms in total. The van der Waals surface area contributed by atoms with E-state index in [0.29, 0.717) is 0 Å². The zero-order valence-corrected chi connectivity index (χ0v) is 9.15. The number of allylic oxidation sites excluding steroid dienone is 1. The number of rotatable bonds is 4. The molecule has 0 aliphatic carbocycles. The van der Waals surface area contributed by atoms with Crippen LogP contribution in [-0.2, 0) is 0 Å². The Bertz CT molecular complexity index is 99.8. The van der Waals surface area contributed by atoms with Crippen LogP contribution in [0.1, 0.15) is 26.7 Å². The Hall–Kier alpha value is 0.537. The van der Waals surface area contributed by atoms with E-state index >= 15 is 0 Å². The van der Waals surface area contributed by atoms with Crippen molar-refractivity contribution in [1.82, 2.24) is 0 Å². The number of hydrogen-bond donors (Lipinski definition) is 0. The predicted molar refractivity (Wildman–Crippen MR) is 52.1 cm³/mol. The molecule has 0 heterocycles. The van der Waals surface area contributed by atoms with Gasteiger partial charge in [-0.15, -0.1) is 22.2 Å². The Morgan fingerprint density at radius 3 is 2.40 bits per heavy atom. The van der Waals surface area contributed by atoms with Gasteiger partial charge in [0.1, 0.15) is 0 Å². The van der Waals surface area contributed by atoms with Crippen LogP contribution in [0.3, 0.4) is 0 Å². The third-order valence-corrected chi connectivity index (χ3v) is 2.63. The highest BCUT2D eigenvalue weighted by molar-refractivity contribution is 7.36. The first-order valence-corrected chi connectivity index (χ1v) is 7.73. The molecule has 0 aromatic carbocycles. The van der Waals surface area contributed by atoms with Crippen molar-refractivity contribution in [3.8, 4) is 0 Å². The fourth-order valence-electron chi connectivity index (χ4n) is 0.629. The average Bonchev–Trinajstić information content (AvgIpc) is 1.79. The first-order chi connectivity index (χ1) is 4.63. The van der Waals surface area contributed by atoms with E-state index in [9.17, 15) is 0 Å². The molecule has 0 aliphatic rings. The predicted octanol–water partition coefficient (Wildman–Crippen LogP) is 3.22. The fraction of sp³-hybridized carbons (Fsp3) is 0.714. The van der Waals surface area contributed by atoms with Crippen LogP contribution in [0.25, 0.3) is 0 Å². The molecule has 10 heavy (non-hydrogen) atoms. The minimum atomic E-state index is -1.47. The van der Waals surface area contributed by atoms with Crippen molar-refractivity contribution >= 4 is 29.6 Å². The zero-order valence-electron chi connectivity index (χ0n) is 6.48. The molecule has 0 atom stereocenters. The molecule has 0 radical (unpaired) electrons. The van der Waals surface area contributed by atoms with Gasteiger partial charge in [0, 0.05) is 0 Å². The van der Waals surface area contributed by atoms with E-state index < -0.39 is 7.42 Å². The van der Waals surface area contributed by atoms with Gasteiger partial charge in [-0.2, -0.15) is 0 Å². The summed E-state index contributed by atoms with van der Waals surface area (Å²) < 4.78 is 0. The lowest BCUT2D eigenvalue weighted by molar-refractivity contribution is 0.594. The van der Waals surface area contributed by atoms with Gasteiger partial charge in [-0.3, -0.25) is 0 Å². The molecule has 0 aromatic rings. The van der Waals surface area contributed by atoms with Gasteiger partial charge in [-0.05, 0) is 18.8 Å². The highest BCUT2D eigenvalue weighted by Gasteiger charge is 1.93. The Morgan fingerprint density at radius 2 is 2.00 bits per heavy atom. The Morgan fingerprint density at radius 1 is 1.40 bits per heavy atom. The first kappa shape index (κ1) is 10.5. The summed E-state index contributed by atoms with van der Waals surface area (Å²) in [5, 5.41) is 0. The number of halogens is 2. The van der Waals surface area contributed by atoms with Crippen LogP contribution in [-0.4, -0.2) is 7.42 Å². The molecule has 0 amide bonds. The molecule has 0 unspecified atom stereocenters. The van der Waals surface area contributed by atoms with Gasteiger partial charge in [0.15, 0.2) is 0 Å². The number of hydrogen-bond acceptors (Lipinski definition) is 0. The second-order valence-electron chi connectivity index (χ2n) is 2.73. The van der Waals surface area contributed by atoms with E-state index in [2.05, 4.69) is 19.9 Å². The van der Waals surface area contributed by atoms with E-state index in [1.54, 1.807) is 0 Å². The molecule has 0 fully saturated rings. The van der Waals surface area contributed by atoms with Crippen molar-refractivity contribution in [2.45, 2.75) is 26.7 Å². The van der Waals surface area contributed by atoms with Crippen molar-refractivity contribution in [3.05, 3.63) is 11.8 Å². The van der Waals surface area contributed by atoms with Gasteiger partial charge in [0.25, 0.3) is 7.42 Å². The van der Waals surface area contributed by atoms with Crippen molar-refractivity contribution in [2.24, 2.45) is 5.92 Å². The summed E-state index contributed by atoms with van der Waals surface area (Å²) in [6.07, 6.45) is 4.43. The second kappa shape index (κ2) is 6.26. The molecule has 0 aliphatic heterocycles. The maximum Gasteiger partial charge on any atom is 0.259 e. The van der Waals surface area contributed by atoms with Gasteiger partial charge in [-0.1, -0.05) is 25.6 Å². The highest BCUT2D eigenvalue weighted by Crippen LogP contribution is 2.05. The summed E-state index contributed by atoms with van der Waals surface area (Å²) in [6.45, 7) is 4.42. The molecule has 0 N–H and O–H groups in total. The average molecular weight is 197 g/mol. The third kappa shape index (κ3) is 8.54. The molecule has 3 heteroatoms. The van der Waals surface area contributed by atoms with E-state index in [4.69, 9.17) is 22.2 Å². The second-order valence-corrected chi connectivity index (χ2v) is 7.28. The van der Waals surface area contributed by atoms with E-state index in [1.807, 2.05) is 5.70 Å². The van der Waals surface area contributed by atoms with Crippen molar-refractivity contribution in [3.63, 3.8) is 0 Å². The minimum absolute atomic E-state index is 0.774. The third-order valence-electron chi connectivity index (χ3n) is 1.19. The molecule has 0 bridgehead atoms. The topological polar surface area (TPSA) is 0 Å². The first-order valence-electron chi connectivity index (χ1n) is 3.57. The van der Waals surface area contributed by atoms with Crippen molar-refractivity contribution in [1.29, 1.82) is 0 Å². The van der Waals surface area contributed by atoms with E-state index in [0.717, 1.165) is 12.3 Å². The van der Waals surface area contributed by atoms with Crippen LogP contribution in [0.15, 0.2) is 11.8 Å². The Labute approximate surface area is 74.2 Å².